The summed E-state index contributed by atoms with van der Waals surface area (Å²) in [7, 11) is -1.85. The van der Waals surface area contributed by atoms with Crippen LogP contribution in [0.25, 0.3) is 11.1 Å². The second-order valence-electron chi connectivity index (χ2n) is 6.71. The molecule has 4 rings (SSSR count). The van der Waals surface area contributed by atoms with Gasteiger partial charge in [-0.05, 0) is 46.5 Å². The van der Waals surface area contributed by atoms with Gasteiger partial charge < -0.3 is 10.2 Å². The minimum atomic E-state index is -3.56. The molecule has 0 radical (unpaired) electrons. The summed E-state index contributed by atoms with van der Waals surface area (Å²) in [6.07, 6.45) is 0. The fraction of sp³-hybridized carbons (Fsp3) is 0.353. The molecule has 2 aliphatic heterocycles. The van der Waals surface area contributed by atoms with Crippen molar-refractivity contribution in [3.05, 3.63) is 40.6 Å². The molecule has 132 valence electrons. The van der Waals surface area contributed by atoms with Crippen molar-refractivity contribution in [2.75, 3.05) is 26.7 Å². The van der Waals surface area contributed by atoms with Gasteiger partial charge in [0.1, 0.15) is 0 Å². The van der Waals surface area contributed by atoms with Crippen LogP contribution in [-0.4, -0.2) is 55.9 Å². The Balaban J connectivity index is 1.60. The van der Waals surface area contributed by atoms with Crippen LogP contribution in [0.2, 0.25) is 0 Å². The Morgan fingerprint density at radius 1 is 1.24 bits per heavy atom. The number of rotatable bonds is 3. The molecular formula is C17H19N3O3S2. The number of hydrogen-bond acceptors (Lipinski definition) is 4. The molecule has 25 heavy (non-hydrogen) atoms. The largest absolute Gasteiger partial charge is 0.336 e. The zero-order chi connectivity index (χ0) is 17.8. The molecule has 2 amide bonds. The van der Waals surface area contributed by atoms with E-state index in [1.165, 1.54) is 4.31 Å². The maximum atomic E-state index is 13.0. The zero-order valence-electron chi connectivity index (χ0n) is 14.0. The van der Waals surface area contributed by atoms with Crippen LogP contribution in [0, 0.1) is 6.92 Å². The Labute approximate surface area is 151 Å². The monoisotopic (exact) mass is 377 g/mol. The summed E-state index contributed by atoms with van der Waals surface area (Å²) in [6.45, 7) is 3.16. The molecule has 8 heteroatoms. The van der Waals surface area contributed by atoms with Gasteiger partial charge >= 0.3 is 6.03 Å². The lowest BCUT2D eigenvalue weighted by Gasteiger charge is -2.49. The lowest BCUT2D eigenvalue weighted by Crippen LogP contribution is -2.69. The van der Waals surface area contributed by atoms with Crippen molar-refractivity contribution < 1.29 is 13.2 Å². The summed E-state index contributed by atoms with van der Waals surface area (Å²) in [6, 6.07) is 6.93. The van der Waals surface area contributed by atoms with E-state index in [0.29, 0.717) is 24.5 Å². The molecule has 0 saturated carbocycles. The highest BCUT2D eigenvalue weighted by molar-refractivity contribution is 7.89. The molecule has 1 aromatic carbocycles. The van der Waals surface area contributed by atoms with E-state index in [1.807, 2.05) is 18.4 Å². The fourth-order valence-corrected chi connectivity index (χ4v) is 5.93. The SMILES string of the molecule is Cc1cscc1-c1cccc(S(=O)(=O)N2CC3(CNC(=O)N3C)C2)c1. The number of nitrogens with one attached hydrogen (secondary N) is 1. The standard InChI is InChI=1S/C17H19N3O3S2/c1-12-7-24-8-15(12)13-4-3-5-14(6-13)25(22,23)20-10-17(11-20)9-18-16(21)19(17)2/h3-8H,9-11H2,1-2H3,(H,18,21). The van der Waals surface area contributed by atoms with Crippen molar-refractivity contribution in [1.82, 2.24) is 14.5 Å². The van der Waals surface area contributed by atoms with Gasteiger partial charge in [0.15, 0.2) is 0 Å². The van der Waals surface area contributed by atoms with E-state index in [9.17, 15) is 13.2 Å². The number of nitrogens with zero attached hydrogens (tertiary/aromatic N) is 2. The predicted molar refractivity (Wildman–Crippen MR) is 97.1 cm³/mol. The summed E-state index contributed by atoms with van der Waals surface area (Å²) in [5.41, 5.74) is 2.70. The normalized spacial score (nSPS) is 19.9. The van der Waals surface area contributed by atoms with E-state index in [4.69, 9.17) is 0 Å². The van der Waals surface area contributed by atoms with Gasteiger partial charge in [-0.1, -0.05) is 12.1 Å². The number of hydrogen-bond donors (Lipinski definition) is 1. The highest BCUT2D eigenvalue weighted by Gasteiger charge is 2.55. The number of sulfonamides is 1. The number of likely N-dealkylation sites (N-methyl/N-ethyl adjacent to an activating group) is 1. The highest BCUT2D eigenvalue weighted by Crippen LogP contribution is 2.35. The van der Waals surface area contributed by atoms with Crippen LogP contribution >= 0.6 is 11.3 Å². The quantitative estimate of drug-likeness (QED) is 0.891. The van der Waals surface area contributed by atoms with Crippen LogP contribution in [0.3, 0.4) is 0 Å². The Hall–Kier alpha value is -1.90. The van der Waals surface area contributed by atoms with E-state index in [0.717, 1.165) is 16.7 Å². The van der Waals surface area contributed by atoms with Gasteiger partial charge in [0, 0.05) is 26.7 Å². The molecule has 6 nitrogen and oxygen atoms in total. The second kappa shape index (κ2) is 5.55. The minimum absolute atomic E-state index is 0.146. The predicted octanol–water partition coefficient (Wildman–Crippen LogP) is 2.12. The average Bonchev–Trinajstić information content (AvgIpc) is 3.11. The van der Waals surface area contributed by atoms with Gasteiger partial charge in [-0.3, -0.25) is 0 Å². The summed E-state index contributed by atoms with van der Waals surface area (Å²) in [5, 5.41) is 6.86. The first-order chi connectivity index (χ1) is 11.8. The molecule has 2 aliphatic rings. The third-order valence-electron chi connectivity index (χ3n) is 5.16. The lowest BCUT2D eigenvalue weighted by atomic mass is 9.92. The third kappa shape index (κ3) is 2.47. The number of thiophene rings is 1. The topological polar surface area (TPSA) is 69.7 Å². The minimum Gasteiger partial charge on any atom is -0.336 e. The van der Waals surface area contributed by atoms with Crippen molar-refractivity contribution in [1.29, 1.82) is 0 Å². The van der Waals surface area contributed by atoms with Crippen LogP contribution < -0.4 is 5.32 Å². The maximum Gasteiger partial charge on any atom is 0.317 e. The van der Waals surface area contributed by atoms with Gasteiger partial charge in [-0.15, -0.1) is 0 Å². The number of urea groups is 1. The first-order valence-electron chi connectivity index (χ1n) is 7.99. The van der Waals surface area contributed by atoms with Gasteiger partial charge in [-0.2, -0.15) is 15.6 Å². The number of carbonyl (C=O) groups is 1. The van der Waals surface area contributed by atoms with Crippen molar-refractivity contribution in [3.63, 3.8) is 0 Å². The zero-order valence-corrected chi connectivity index (χ0v) is 15.7. The molecule has 3 heterocycles. The van der Waals surface area contributed by atoms with Crippen LogP contribution in [0.4, 0.5) is 4.79 Å². The molecule has 1 N–H and O–H groups in total. The van der Waals surface area contributed by atoms with Crippen LogP contribution in [0.5, 0.6) is 0 Å². The van der Waals surface area contributed by atoms with Crippen molar-refractivity contribution in [3.8, 4) is 11.1 Å². The maximum absolute atomic E-state index is 13.0. The van der Waals surface area contributed by atoms with Gasteiger partial charge in [0.05, 0.1) is 10.4 Å². The smallest absolute Gasteiger partial charge is 0.317 e. The third-order valence-corrected chi connectivity index (χ3v) is 7.81. The molecule has 0 unspecified atom stereocenters. The molecule has 2 saturated heterocycles. The Bertz CT molecular complexity index is 946. The van der Waals surface area contributed by atoms with E-state index in [2.05, 4.69) is 10.7 Å². The number of benzene rings is 1. The molecule has 1 spiro atoms. The van der Waals surface area contributed by atoms with Crippen LogP contribution in [-0.2, 0) is 10.0 Å². The summed E-state index contributed by atoms with van der Waals surface area (Å²) >= 11 is 1.61. The molecule has 1 aromatic heterocycles. The Morgan fingerprint density at radius 3 is 2.60 bits per heavy atom. The van der Waals surface area contributed by atoms with Gasteiger partial charge in [0.2, 0.25) is 10.0 Å². The highest BCUT2D eigenvalue weighted by atomic mass is 32.2. The van der Waals surface area contributed by atoms with Crippen molar-refractivity contribution in [2.24, 2.45) is 0 Å². The van der Waals surface area contributed by atoms with E-state index in [1.54, 1.807) is 41.5 Å². The summed E-state index contributed by atoms with van der Waals surface area (Å²) in [4.78, 5) is 13.6. The van der Waals surface area contributed by atoms with Crippen molar-refractivity contribution >= 4 is 27.4 Å². The molecule has 0 bridgehead atoms. The molecule has 0 aliphatic carbocycles. The molecule has 2 fully saturated rings. The second-order valence-corrected chi connectivity index (χ2v) is 9.39. The molecule has 0 atom stereocenters. The van der Waals surface area contributed by atoms with Crippen LogP contribution in [0.15, 0.2) is 39.9 Å². The Kier molecular flexibility index (Phi) is 3.68. The first kappa shape index (κ1) is 16.6. The number of aryl methyl sites for hydroxylation is 1. The fourth-order valence-electron chi connectivity index (χ4n) is 3.43. The summed E-state index contributed by atoms with van der Waals surface area (Å²) < 4.78 is 27.4. The first-order valence-corrected chi connectivity index (χ1v) is 10.4. The number of carbonyl (C=O) groups excluding carboxylic acids is 1. The lowest BCUT2D eigenvalue weighted by molar-refractivity contribution is 0.0626. The average molecular weight is 377 g/mol. The van der Waals surface area contributed by atoms with E-state index < -0.39 is 15.6 Å². The molecule has 2 aromatic rings. The van der Waals surface area contributed by atoms with E-state index in [-0.39, 0.29) is 6.03 Å². The van der Waals surface area contributed by atoms with Gasteiger partial charge in [0.25, 0.3) is 0 Å². The molecular weight excluding hydrogens is 358 g/mol. The number of amides is 2. The van der Waals surface area contributed by atoms with Crippen LogP contribution in [0.1, 0.15) is 5.56 Å². The Morgan fingerprint density at radius 2 is 2.00 bits per heavy atom. The van der Waals surface area contributed by atoms with Gasteiger partial charge in [-0.25, -0.2) is 13.2 Å². The van der Waals surface area contributed by atoms with E-state index >= 15 is 0 Å². The van der Waals surface area contributed by atoms with Crippen molar-refractivity contribution in [2.45, 2.75) is 17.4 Å². The summed E-state index contributed by atoms with van der Waals surface area (Å²) in [5.74, 6) is 0.